The van der Waals surface area contributed by atoms with Crippen molar-refractivity contribution in [1.29, 1.82) is 0 Å². The molecule has 5 N–H and O–H groups in total. The van der Waals surface area contributed by atoms with E-state index in [-0.39, 0.29) is 59.0 Å². The molecule has 0 fully saturated rings. The van der Waals surface area contributed by atoms with Crippen molar-refractivity contribution >= 4 is 16.9 Å². The lowest BCUT2D eigenvalue weighted by atomic mass is 10.1. The highest BCUT2D eigenvalue weighted by atomic mass is 16.5. The lowest BCUT2D eigenvalue weighted by Crippen LogP contribution is -2.12. The summed E-state index contributed by atoms with van der Waals surface area (Å²) in [4.78, 5) is 23.5. The molecule has 0 aliphatic carbocycles. The molecule has 2 aromatic carbocycles. The number of rotatable bonds is 6. The van der Waals surface area contributed by atoms with E-state index in [1.165, 1.54) is 12.1 Å². The number of aromatic hydroxyl groups is 4. The fourth-order valence-corrected chi connectivity index (χ4v) is 2.65. The van der Waals surface area contributed by atoms with Crippen LogP contribution in [-0.2, 0) is 4.79 Å². The Labute approximate surface area is 157 Å². The molecule has 9 heteroatoms. The fraction of sp³-hybridized carbons (Fsp3) is 0.158. The third-order valence-corrected chi connectivity index (χ3v) is 3.94. The molecule has 0 atom stereocenters. The Kier molecular flexibility index (Phi) is 4.99. The minimum atomic E-state index is -1.02. The van der Waals surface area contributed by atoms with Gasteiger partial charge in [0.25, 0.3) is 0 Å². The maximum atomic E-state index is 12.9. The molecule has 0 aliphatic heterocycles. The Hall–Kier alpha value is -3.88. The van der Waals surface area contributed by atoms with Crippen LogP contribution in [-0.4, -0.2) is 38.1 Å². The van der Waals surface area contributed by atoms with Gasteiger partial charge in [-0.15, -0.1) is 0 Å². The van der Waals surface area contributed by atoms with Gasteiger partial charge in [-0.05, 0) is 24.6 Å². The molecule has 0 radical (unpaired) electrons. The summed E-state index contributed by atoms with van der Waals surface area (Å²) in [6.07, 6.45) is -0.0536. The molecule has 1 heterocycles. The average molecular weight is 388 g/mol. The van der Waals surface area contributed by atoms with Crippen molar-refractivity contribution in [2.75, 3.05) is 6.61 Å². The van der Waals surface area contributed by atoms with Crippen molar-refractivity contribution < 1.29 is 39.5 Å². The first-order chi connectivity index (χ1) is 13.3. The molecule has 0 spiro atoms. The monoisotopic (exact) mass is 388 g/mol. The van der Waals surface area contributed by atoms with Gasteiger partial charge in [0, 0.05) is 24.1 Å². The van der Waals surface area contributed by atoms with Crippen LogP contribution >= 0.6 is 0 Å². The van der Waals surface area contributed by atoms with Crippen LogP contribution in [0, 0.1) is 0 Å². The first kappa shape index (κ1) is 18.9. The van der Waals surface area contributed by atoms with Crippen LogP contribution in [0.4, 0.5) is 0 Å². The summed E-state index contributed by atoms with van der Waals surface area (Å²) in [5.41, 5.74) is -0.676. The van der Waals surface area contributed by atoms with Gasteiger partial charge in [-0.2, -0.15) is 0 Å². The first-order valence-electron chi connectivity index (χ1n) is 8.17. The molecule has 3 aromatic rings. The van der Waals surface area contributed by atoms with Crippen LogP contribution in [0.15, 0.2) is 39.5 Å². The summed E-state index contributed by atoms with van der Waals surface area (Å²) in [7, 11) is 0. The van der Waals surface area contributed by atoms with Crippen LogP contribution in [0.5, 0.6) is 28.7 Å². The molecule has 9 nitrogen and oxygen atoms in total. The second kappa shape index (κ2) is 7.39. The highest BCUT2D eigenvalue weighted by Crippen LogP contribution is 2.38. The molecule has 0 aliphatic rings. The van der Waals surface area contributed by atoms with E-state index in [1.807, 2.05) is 0 Å². The number of benzene rings is 2. The number of phenols is 4. The predicted molar refractivity (Wildman–Crippen MR) is 96.9 cm³/mol. The minimum Gasteiger partial charge on any atom is -0.508 e. The number of hydrogen-bond donors (Lipinski definition) is 5. The van der Waals surface area contributed by atoms with E-state index in [9.17, 15) is 30.0 Å². The normalized spacial score (nSPS) is 10.9. The van der Waals surface area contributed by atoms with Crippen LogP contribution in [0.1, 0.15) is 12.8 Å². The molecule has 28 heavy (non-hydrogen) atoms. The second-order valence-electron chi connectivity index (χ2n) is 5.98. The number of aliphatic carboxylic acids is 1. The van der Waals surface area contributed by atoms with Crippen molar-refractivity contribution in [3.05, 3.63) is 40.6 Å². The van der Waals surface area contributed by atoms with E-state index in [0.29, 0.717) is 0 Å². The standard InChI is InChI=1S/C19H16O9/c20-10-7-13(23)16-14(8-10)28-18(9-3-4-11(21)12(22)6-9)19(17(16)26)27-5-1-2-15(24)25/h3-4,6-8,20-23H,1-2,5H2,(H,24,25). The topological polar surface area (TPSA) is 158 Å². The van der Waals surface area contributed by atoms with E-state index in [4.69, 9.17) is 14.3 Å². The van der Waals surface area contributed by atoms with E-state index >= 15 is 0 Å². The third kappa shape index (κ3) is 3.63. The molecule has 3 rings (SSSR count). The summed E-state index contributed by atoms with van der Waals surface area (Å²) in [5.74, 6) is -3.13. The molecular formula is C19H16O9. The largest absolute Gasteiger partial charge is 0.508 e. The van der Waals surface area contributed by atoms with Crippen molar-refractivity contribution in [1.82, 2.24) is 0 Å². The molecule has 1 aromatic heterocycles. The van der Waals surface area contributed by atoms with Crippen molar-refractivity contribution in [2.45, 2.75) is 12.8 Å². The Morgan fingerprint density at radius 1 is 1.00 bits per heavy atom. The number of carboxylic acids is 1. The molecule has 0 bridgehead atoms. The lowest BCUT2D eigenvalue weighted by Gasteiger charge is -2.12. The zero-order valence-corrected chi connectivity index (χ0v) is 14.4. The third-order valence-electron chi connectivity index (χ3n) is 3.94. The van der Waals surface area contributed by atoms with Gasteiger partial charge in [0.05, 0.1) is 6.61 Å². The SMILES string of the molecule is O=C(O)CCCOc1c(-c2ccc(O)c(O)c2)oc2cc(O)cc(O)c2c1=O. The van der Waals surface area contributed by atoms with Gasteiger partial charge in [-0.3, -0.25) is 9.59 Å². The lowest BCUT2D eigenvalue weighted by molar-refractivity contribution is -0.137. The number of phenolic OH excluding ortho intramolecular Hbond substituents is 4. The van der Waals surface area contributed by atoms with Gasteiger partial charge < -0.3 is 34.7 Å². The smallest absolute Gasteiger partial charge is 0.303 e. The van der Waals surface area contributed by atoms with Gasteiger partial charge in [-0.1, -0.05) is 0 Å². The van der Waals surface area contributed by atoms with E-state index in [0.717, 1.165) is 18.2 Å². The van der Waals surface area contributed by atoms with Crippen molar-refractivity contribution in [2.24, 2.45) is 0 Å². The van der Waals surface area contributed by atoms with Gasteiger partial charge in [0.1, 0.15) is 22.5 Å². The number of carbonyl (C=O) groups is 1. The number of hydrogen-bond acceptors (Lipinski definition) is 8. The summed E-state index contributed by atoms with van der Waals surface area (Å²) in [6.45, 7) is -0.113. The minimum absolute atomic E-state index is 0.113. The van der Waals surface area contributed by atoms with Crippen LogP contribution < -0.4 is 10.2 Å². The van der Waals surface area contributed by atoms with E-state index < -0.39 is 22.9 Å². The quantitative estimate of drug-likeness (QED) is 0.316. The maximum Gasteiger partial charge on any atom is 0.303 e. The summed E-state index contributed by atoms with van der Waals surface area (Å²) in [6, 6.07) is 5.80. The molecule has 0 amide bonds. The zero-order chi connectivity index (χ0) is 20.4. The molecule has 146 valence electrons. The molecular weight excluding hydrogens is 372 g/mol. The molecule has 0 saturated carbocycles. The molecule has 0 unspecified atom stereocenters. The number of fused-ring (bicyclic) bond motifs is 1. The predicted octanol–water partition coefficient (Wildman–Crippen LogP) is 2.53. The van der Waals surface area contributed by atoms with Gasteiger partial charge in [0.15, 0.2) is 17.3 Å². The Morgan fingerprint density at radius 3 is 2.43 bits per heavy atom. The number of carboxylic acid groups (broad SMARTS) is 1. The Balaban J connectivity index is 2.18. The van der Waals surface area contributed by atoms with Crippen LogP contribution in [0.3, 0.4) is 0 Å². The fourth-order valence-electron chi connectivity index (χ4n) is 2.65. The van der Waals surface area contributed by atoms with Gasteiger partial charge in [-0.25, -0.2) is 0 Å². The Morgan fingerprint density at radius 2 is 1.75 bits per heavy atom. The van der Waals surface area contributed by atoms with Gasteiger partial charge >= 0.3 is 5.97 Å². The Bertz CT molecular complexity index is 1110. The summed E-state index contributed by atoms with van der Waals surface area (Å²) in [5, 5.41) is 47.4. The molecule has 0 saturated heterocycles. The first-order valence-corrected chi connectivity index (χ1v) is 8.17. The highest BCUT2D eigenvalue weighted by molar-refractivity contribution is 5.88. The van der Waals surface area contributed by atoms with Crippen LogP contribution in [0.25, 0.3) is 22.3 Å². The van der Waals surface area contributed by atoms with Crippen molar-refractivity contribution in [3.8, 4) is 40.1 Å². The van der Waals surface area contributed by atoms with Crippen molar-refractivity contribution in [3.63, 3.8) is 0 Å². The zero-order valence-electron chi connectivity index (χ0n) is 14.4. The average Bonchev–Trinajstić information content (AvgIpc) is 2.61. The van der Waals surface area contributed by atoms with Crippen LogP contribution in [0.2, 0.25) is 0 Å². The maximum absolute atomic E-state index is 12.9. The highest BCUT2D eigenvalue weighted by Gasteiger charge is 2.21. The second-order valence-corrected chi connectivity index (χ2v) is 5.98. The van der Waals surface area contributed by atoms with E-state index in [2.05, 4.69) is 0 Å². The summed E-state index contributed by atoms with van der Waals surface area (Å²) < 4.78 is 11.1. The number of ether oxygens (including phenoxy) is 1. The van der Waals surface area contributed by atoms with Gasteiger partial charge in [0.2, 0.25) is 11.2 Å². The van der Waals surface area contributed by atoms with E-state index in [1.54, 1.807) is 0 Å². The summed E-state index contributed by atoms with van der Waals surface area (Å²) >= 11 is 0.